The second kappa shape index (κ2) is 8.33. The van der Waals surface area contributed by atoms with E-state index in [2.05, 4.69) is 20.5 Å². The Labute approximate surface area is 166 Å². The molecule has 0 aliphatic carbocycles. The van der Waals surface area contributed by atoms with E-state index in [4.69, 9.17) is 10.4 Å². The largest absolute Gasteiger partial charge is 0.477 e. The summed E-state index contributed by atoms with van der Waals surface area (Å²) in [7, 11) is 1.31. The summed E-state index contributed by atoms with van der Waals surface area (Å²) in [5.74, 6) is -2.16. The van der Waals surface area contributed by atoms with Gasteiger partial charge in [0.2, 0.25) is 0 Å². The van der Waals surface area contributed by atoms with Gasteiger partial charge in [0.15, 0.2) is 5.71 Å². The maximum atomic E-state index is 12.6. The Morgan fingerprint density at radius 2 is 2.32 bits per heavy atom. The molecule has 2 aliphatic rings. The first-order chi connectivity index (χ1) is 13.5. The van der Waals surface area contributed by atoms with E-state index in [0.717, 1.165) is 4.90 Å². The van der Waals surface area contributed by atoms with E-state index < -0.39 is 29.2 Å². The fourth-order valence-electron chi connectivity index (χ4n) is 2.83. The third-order valence-electron chi connectivity index (χ3n) is 4.01. The number of β-lactam (4-membered cyclic amide) rings is 1. The molecule has 0 bridgehead atoms. The molecule has 0 radical (unpaired) electrons. The third kappa shape index (κ3) is 3.54. The third-order valence-corrected chi connectivity index (χ3v) is 6.23. The number of amides is 2. The van der Waals surface area contributed by atoms with Gasteiger partial charge in [0.25, 0.3) is 11.8 Å². The highest BCUT2D eigenvalue weighted by Crippen LogP contribution is 2.40. The first kappa shape index (κ1) is 19.7. The van der Waals surface area contributed by atoms with Gasteiger partial charge in [0.1, 0.15) is 24.2 Å². The number of rotatable bonds is 7. The minimum Gasteiger partial charge on any atom is -0.477 e. The van der Waals surface area contributed by atoms with Crippen molar-refractivity contribution in [3.63, 3.8) is 0 Å². The zero-order valence-corrected chi connectivity index (χ0v) is 16.1. The summed E-state index contributed by atoms with van der Waals surface area (Å²) >= 11 is 2.58. The number of fused-ring (bicyclic) bond motifs is 1. The smallest absolute Gasteiger partial charge is 0.352 e. The molecule has 2 amide bonds. The van der Waals surface area contributed by atoms with Crippen LogP contribution in [-0.4, -0.2) is 64.3 Å². The van der Waals surface area contributed by atoms with Crippen LogP contribution in [0.25, 0.3) is 10.4 Å². The average molecular weight is 422 g/mol. The number of thioether (sulfide) groups is 1. The number of hydrogen-bond acceptors (Lipinski definition) is 8. The lowest BCUT2D eigenvalue weighted by atomic mass is 10.0. The van der Waals surface area contributed by atoms with Gasteiger partial charge >= 0.3 is 5.97 Å². The highest BCUT2D eigenvalue weighted by molar-refractivity contribution is 8.00. The van der Waals surface area contributed by atoms with Gasteiger partial charge in [-0.1, -0.05) is 16.3 Å². The van der Waals surface area contributed by atoms with Crippen LogP contribution in [0.15, 0.2) is 39.1 Å². The van der Waals surface area contributed by atoms with E-state index in [0.29, 0.717) is 10.5 Å². The maximum Gasteiger partial charge on any atom is 0.352 e. The Morgan fingerprint density at radius 3 is 2.93 bits per heavy atom. The average Bonchev–Trinajstić information content (AvgIpc) is 3.21. The minimum atomic E-state index is -1.29. The lowest BCUT2D eigenvalue weighted by molar-refractivity contribution is -0.150. The van der Waals surface area contributed by atoms with E-state index in [1.54, 1.807) is 17.5 Å². The fourth-order valence-corrected chi connectivity index (χ4v) is 4.87. The number of azide groups is 1. The van der Waals surface area contributed by atoms with Crippen molar-refractivity contribution in [1.82, 2.24) is 10.2 Å². The summed E-state index contributed by atoms with van der Waals surface area (Å²) in [5, 5.41) is 20.4. The Morgan fingerprint density at radius 1 is 1.54 bits per heavy atom. The van der Waals surface area contributed by atoms with Crippen LogP contribution in [0.1, 0.15) is 4.88 Å². The number of nitrogens with one attached hydrogen (secondary N) is 1. The zero-order valence-electron chi connectivity index (χ0n) is 14.4. The van der Waals surface area contributed by atoms with Crippen molar-refractivity contribution >= 4 is 46.6 Å². The van der Waals surface area contributed by atoms with Gasteiger partial charge in [-0.3, -0.25) is 14.5 Å². The Bertz CT molecular complexity index is 921. The molecule has 2 aliphatic heterocycles. The normalized spacial score (nSPS) is 21.4. The molecular formula is C15H14N6O5S2. The first-order valence-corrected chi connectivity index (χ1v) is 9.79. The van der Waals surface area contributed by atoms with Crippen molar-refractivity contribution in [2.45, 2.75) is 11.4 Å². The molecule has 13 heteroatoms. The lowest BCUT2D eigenvalue weighted by Crippen LogP contribution is -2.71. The summed E-state index contributed by atoms with van der Waals surface area (Å²) in [6.07, 6.45) is 0. The summed E-state index contributed by atoms with van der Waals surface area (Å²) in [6.45, 7) is -0.137. The van der Waals surface area contributed by atoms with Crippen molar-refractivity contribution < 1.29 is 24.3 Å². The van der Waals surface area contributed by atoms with Crippen LogP contribution in [0.4, 0.5) is 0 Å². The summed E-state index contributed by atoms with van der Waals surface area (Å²) in [4.78, 5) is 45.8. The lowest BCUT2D eigenvalue weighted by Gasteiger charge is -2.49. The topological polar surface area (TPSA) is 157 Å². The Kier molecular flexibility index (Phi) is 5.87. The van der Waals surface area contributed by atoms with Crippen LogP contribution in [-0.2, 0) is 19.2 Å². The van der Waals surface area contributed by atoms with Gasteiger partial charge in [-0.2, -0.15) is 0 Å². The number of hydrogen-bond donors (Lipinski definition) is 2. The maximum absolute atomic E-state index is 12.6. The number of carbonyl (C=O) groups excluding carboxylic acids is 2. The van der Waals surface area contributed by atoms with E-state index in [9.17, 15) is 19.5 Å². The van der Waals surface area contributed by atoms with Gasteiger partial charge in [-0.25, -0.2) is 4.79 Å². The van der Waals surface area contributed by atoms with Gasteiger partial charge in [0, 0.05) is 10.7 Å². The number of aliphatic carboxylic acids is 1. The molecule has 1 aromatic heterocycles. The number of carboxylic acid groups (broad SMARTS) is 1. The number of carboxylic acids is 1. The van der Waals surface area contributed by atoms with Crippen molar-refractivity contribution in [2.75, 3.05) is 19.4 Å². The number of carbonyl (C=O) groups is 3. The van der Waals surface area contributed by atoms with Crippen LogP contribution in [0.5, 0.6) is 0 Å². The molecule has 28 heavy (non-hydrogen) atoms. The molecule has 0 spiro atoms. The Hall–Kier alpha value is -3.02. The standard InChI is InChI=1S/C15H14N6O5S2/c1-26-19-9(8-3-2-4-27-8)12(22)18-10-13(23)21-11(15(24)25)7(5-17-20-16)6-28-14(10)21/h2-4,10,14H,5-6H2,1H3,(H,18,22)(H,24,25)/t10-,14-/m1/s1. The van der Waals surface area contributed by atoms with Gasteiger partial charge < -0.3 is 15.3 Å². The van der Waals surface area contributed by atoms with E-state index in [1.807, 2.05) is 0 Å². The van der Waals surface area contributed by atoms with E-state index in [-0.39, 0.29) is 23.7 Å². The number of thiophene rings is 1. The molecule has 3 rings (SSSR count). The van der Waals surface area contributed by atoms with Gasteiger partial charge in [-0.05, 0) is 22.6 Å². The molecule has 11 nitrogen and oxygen atoms in total. The Balaban J connectivity index is 1.79. The van der Waals surface area contributed by atoms with Crippen LogP contribution >= 0.6 is 23.1 Å². The highest BCUT2D eigenvalue weighted by atomic mass is 32.2. The van der Waals surface area contributed by atoms with Crippen LogP contribution in [0.2, 0.25) is 0 Å². The number of oxime groups is 1. The summed E-state index contributed by atoms with van der Waals surface area (Å²) < 4.78 is 0. The molecule has 3 heterocycles. The summed E-state index contributed by atoms with van der Waals surface area (Å²) in [6, 6.07) is 2.55. The molecule has 1 fully saturated rings. The number of nitrogens with zero attached hydrogens (tertiary/aromatic N) is 5. The second-order valence-electron chi connectivity index (χ2n) is 5.61. The predicted molar refractivity (Wildman–Crippen MR) is 102 cm³/mol. The van der Waals surface area contributed by atoms with Crippen LogP contribution < -0.4 is 5.32 Å². The van der Waals surface area contributed by atoms with Crippen molar-refractivity contribution in [3.05, 3.63) is 44.1 Å². The molecule has 0 aromatic carbocycles. The fraction of sp³-hybridized carbons (Fsp3) is 0.333. The minimum absolute atomic E-state index is 0.0302. The summed E-state index contributed by atoms with van der Waals surface area (Å²) in [5.41, 5.74) is 8.64. The van der Waals surface area contributed by atoms with E-state index in [1.165, 1.54) is 30.2 Å². The molecular weight excluding hydrogens is 408 g/mol. The molecule has 0 saturated carbocycles. The predicted octanol–water partition coefficient (Wildman–Crippen LogP) is 1.15. The van der Waals surface area contributed by atoms with E-state index >= 15 is 0 Å². The molecule has 146 valence electrons. The second-order valence-corrected chi connectivity index (χ2v) is 7.66. The van der Waals surface area contributed by atoms with Gasteiger partial charge in [0.05, 0.1) is 11.4 Å². The molecule has 2 N–H and O–H groups in total. The van der Waals surface area contributed by atoms with Gasteiger partial charge in [-0.15, -0.1) is 23.1 Å². The first-order valence-electron chi connectivity index (χ1n) is 7.86. The molecule has 2 atom stereocenters. The van der Waals surface area contributed by atoms with Crippen molar-refractivity contribution in [3.8, 4) is 0 Å². The van der Waals surface area contributed by atoms with Crippen molar-refractivity contribution in [1.29, 1.82) is 0 Å². The molecule has 0 unspecified atom stereocenters. The zero-order chi connectivity index (χ0) is 20.3. The highest BCUT2D eigenvalue weighted by Gasteiger charge is 2.54. The van der Waals surface area contributed by atoms with Crippen LogP contribution in [0, 0.1) is 0 Å². The quantitative estimate of drug-likeness (QED) is 0.168. The van der Waals surface area contributed by atoms with Crippen LogP contribution in [0.3, 0.4) is 0 Å². The monoisotopic (exact) mass is 422 g/mol. The molecule has 1 aromatic rings. The van der Waals surface area contributed by atoms with Crippen molar-refractivity contribution in [2.24, 2.45) is 10.3 Å². The molecule has 1 saturated heterocycles. The SMILES string of the molecule is CON=C(C(=O)N[C@@H]1C(=O)N2C(C(=O)O)=C(CN=[N+]=[N-])CS[C@H]12)c1cccs1.